The fraction of sp³-hybridized carbons (Fsp3) is 0.320. The van der Waals surface area contributed by atoms with E-state index >= 15 is 0 Å². The Morgan fingerprint density at radius 3 is 2.47 bits per heavy atom. The Kier molecular flexibility index (Phi) is 5.61. The highest BCUT2D eigenvalue weighted by atomic mass is 32.2. The molecule has 6 nitrogen and oxygen atoms in total. The summed E-state index contributed by atoms with van der Waals surface area (Å²) < 4.78 is 26.8. The van der Waals surface area contributed by atoms with Crippen molar-refractivity contribution in [2.45, 2.75) is 25.7 Å². The lowest BCUT2D eigenvalue weighted by Crippen LogP contribution is -2.50. The van der Waals surface area contributed by atoms with Crippen LogP contribution in [0.3, 0.4) is 0 Å². The van der Waals surface area contributed by atoms with E-state index in [0.29, 0.717) is 31.7 Å². The van der Waals surface area contributed by atoms with Crippen molar-refractivity contribution < 1.29 is 13.2 Å². The molecule has 1 N–H and O–H groups in total. The molecule has 1 aliphatic carbocycles. The lowest BCUT2D eigenvalue weighted by molar-refractivity contribution is 0.0699. The minimum Gasteiger partial charge on any atom is -0.358 e. The quantitative estimate of drug-likeness (QED) is 0.658. The first-order valence-corrected chi connectivity index (χ1v) is 12.7. The zero-order valence-corrected chi connectivity index (χ0v) is 18.8. The van der Waals surface area contributed by atoms with Gasteiger partial charge in [-0.15, -0.1) is 0 Å². The van der Waals surface area contributed by atoms with E-state index < -0.39 is 10.0 Å². The van der Waals surface area contributed by atoms with Crippen molar-refractivity contribution in [2.75, 3.05) is 26.2 Å². The van der Waals surface area contributed by atoms with E-state index in [1.807, 2.05) is 48.5 Å². The molecule has 2 heterocycles. The number of nitrogens with one attached hydrogen (secondary N) is 1. The molecule has 32 heavy (non-hydrogen) atoms. The molecule has 2 aliphatic rings. The second-order valence-corrected chi connectivity index (χ2v) is 10.3. The SMILES string of the molecule is O=C(c1ccc2[nH]c3c(c2c1)CCCC3)N1CCN(S(=O)(=O)/C=C/c2ccccc2)CC1. The molecule has 1 saturated heterocycles. The van der Waals surface area contributed by atoms with Gasteiger partial charge < -0.3 is 9.88 Å². The van der Waals surface area contributed by atoms with Gasteiger partial charge in [0.25, 0.3) is 5.91 Å². The molecular formula is C25H27N3O3S. The van der Waals surface area contributed by atoms with Crippen molar-refractivity contribution in [1.82, 2.24) is 14.2 Å². The second-order valence-electron chi connectivity index (χ2n) is 8.50. The van der Waals surface area contributed by atoms with Crippen LogP contribution in [0.4, 0.5) is 0 Å². The van der Waals surface area contributed by atoms with E-state index in [-0.39, 0.29) is 5.91 Å². The molecule has 166 valence electrons. The number of nitrogens with zero attached hydrogens (tertiary/aromatic N) is 2. The van der Waals surface area contributed by atoms with E-state index in [9.17, 15) is 13.2 Å². The molecule has 7 heteroatoms. The number of carbonyl (C=O) groups is 1. The lowest BCUT2D eigenvalue weighted by atomic mass is 9.95. The summed E-state index contributed by atoms with van der Waals surface area (Å²) in [6.45, 7) is 1.38. The predicted octanol–water partition coefficient (Wildman–Crippen LogP) is 3.81. The number of aryl methyl sites for hydroxylation is 2. The van der Waals surface area contributed by atoms with Crippen LogP contribution < -0.4 is 0 Å². The summed E-state index contributed by atoms with van der Waals surface area (Å²) in [5, 5.41) is 2.40. The number of fused-ring (bicyclic) bond motifs is 3. The molecule has 0 radical (unpaired) electrons. The highest BCUT2D eigenvalue weighted by Gasteiger charge is 2.28. The third kappa shape index (κ3) is 4.10. The number of rotatable bonds is 4. The maximum Gasteiger partial charge on any atom is 0.253 e. The molecule has 0 bridgehead atoms. The van der Waals surface area contributed by atoms with Crippen molar-refractivity contribution in [3.05, 3.63) is 76.3 Å². The molecule has 0 unspecified atom stereocenters. The lowest BCUT2D eigenvalue weighted by Gasteiger charge is -2.33. The predicted molar refractivity (Wildman–Crippen MR) is 127 cm³/mol. The minimum atomic E-state index is -3.52. The largest absolute Gasteiger partial charge is 0.358 e. The third-order valence-corrected chi connectivity index (χ3v) is 8.03. The fourth-order valence-electron chi connectivity index (χ4n) is 4.68. The van der Waals surface area contributed by atoms with Crippen molar-refractivity contribution >= 4 is 32.9 Å². The number of amides is 1. The number of aromatic amines is 1. The van der Waals surface area contributed by atoms with Crippen molar-refractivity contribution in [2.24, 2.45) is 0 Å². The zero-order valence-electron chi connectivity index (χ0n) is 18.0. The zero-order chi connectivity index (χ0) is 22.1. The van der Waals surface area contributed by atoms with Gasteiger partial charge >= 0.3 is 0 Å². The van der Waals surface area contributed by atoms with Gasteiger partial charge in [0, 0.05) is 53.7 Å². The first-order valence-electron chi connectivity index (χ1n) is 11.2. The van der Waals surface area contributed by atoms with Crippen LogP contribution in [0, 0.1) is 0 Å². The van der Waals surface area contributed by atoms with Crippen molar-refractivity contribution in [1.29, 1.82) is 0 Å². The fourth-order valence-corrected chi connectivity index (χ4v) is 5.86. The Morgan fingerprint density at radius 1 is 0.938 bits per heavy atom. The highest BCUT2D eigenvalue weighted by Crippen LogP contribution is 2.30. The molecule has 2 aromatic carbocycles. The molecule has 1 aromatic heterocycles. The topological polar surface area (TPSA) is 73.5 Å². The Morgan fingerprint density at radius 2 is 1.69 bits per heavy atom. The van der Waals surface area contributed by atoms with Crippen molar-refractivity contribution in [3.63, 3.8) is 0 Å². The van der Waals surface area contributed by atoms with Crippen LogP contribution in [0.2, 0.25) is 0 Å². The molecular weight excluding hydrogens is 422 g/mol. The molecule has 1 fully saturated rings. The van der Waals surface area contributed by atoms with Gasteiger partial charge in [0.1, 0.15) is 0 Å². The van der Waals surface area contributed by atoms with Gasteiger partial charge in [-0.25, -0.2) is 8.42 Å². The summed E-state index contributed by atoms with van der Waals surface area (Å²) in [4.78, 5) is 18.4. The number of sulfonamides is 1. The van der Waals surface area contributed by atoms with Crippen LogP contribution in [0.25, 0.3) is 17.0 Å². The van der Waals surface area contributed by atoms with Gasteiger partial charge in [-0.1, -0.05) is 30.3 Å². The molecule has 0 spiro atoms. The van der Waals surface area contributed by atoms with Crippen LogP contribution in [-0.4, -0.2) is 54.7 Å². The summed E-state index contributed by atoms with van der Waals surface area (Å²) in [5.41, 5.74) is 5.26. The summed E-state index contributed by atoms with van der Waals surface area (Å²) in [6, 6.07) is 15.2. The molecule has 3 aromatic rings. The van der Waals surface area contributed by atoms with E-state index in [1.165, 1.54) is 33.8 Å². The summed E-state index contributed by atoms with van der Waals surface area (Å²) in [5.74, 6) is -0.0328. The first-order chi connectivity index (χ1) is 15.5. The minimum absolute atomic E-state index is 0.0328. The van der Waals surface area contributed by atoms with Gasteiger partial charge in [-0.2, -0.15) is 4.31 Å². The molecule has 1 aliphatic heterocycles. The summed E-state index contributed by atoms with van der Waals surface area (Å²) in [6.07, 6.45) is 6.13. The highest BCUT2D eigenvalue weighted by molar-refractivity contribution is 7.92. The van der Waals surface area contributed by atoms with Crippen LogP contribution in [-0.2, 0) is 22.9 Å². The number of hydrogen-bond donors (Lipinski definition) is 1. The van der Waals surface area contributed by atoms with E-state index in [0.717, 1.165) is 29.3 Å². The average Bonchev–Trinajstić information content (AvgIpc) is 3.21. The molecule has 1 amide bonds. The van der Waals surface area contributed by atoms with Gasteiger partial charge in [0.2, 0.25) is 10.0 Å². The Hall–Kier alpha value is -2.90. The number of piperazine rings is 1. The number of carbonyl (C=O) groups excluding carboxylic acids is 1. The second kappa shape index (κ2) is 8.56. The standard InChI is InChI=1S/C25H27N3O3S/c29-25(20-10-11-24-22(18-20)21-8-4-5-9-23(21)26-24)27-13-15-28(16-14-27)32(30,31)17-12-19-6-2-1-3-7-19/h1-3,6-7,10-12,17-18,26H,4-5,8-9,13-16H2/b17-12+. The Labute approximate surface area is 188 Å². The van der Waals surface area contributed by atoms with E-state index in [4.69, 9.17) is 0 Å². The Balaban J connectivity index is 1.27. The summed E-state index contributed by atoms with van der Waals surface area (Å²) >= 11 is 0. The molecule has 0 atom stereocenters. The normalized spacial score (nSPS) is 17.7. The first kappa shape index (κ1) is 21.0. The van der Waals surface area contributed by atoms with Crippen molar-refractivity contribution in [3.8, 4) is 0 Å². The van der Waals surface area contributed by atoms with Gasteiger partial charge in [-0.3, -0.25) is 4.79 Å². The van der Waals surface area contributed by atoms with Crippen LogP contribution >= 0.6 is 0 Å². The third-order valence-electron chi connectivity index (χ3n) is 6.46. The van der Waals surface area contributed by atoms with Gasteiger partial charge in [0.15, 0.2) is 0 Å². The average molecular weight is 450 g/mol. The maximum absolute atomic E-state index is 13.1. The van der Waals surface area contributed by atoms with Gasteiger partial charge in [0.05, 0.1) is 0 Å². The van der Waals surface area contributed by atoms with Crippen LogP contribution in [0.1, 0.15) is 40.0 Å². The Bertz CT molecular complexity index is 1270. The van der Waals surface area contributed by atoms with E-state index in [2.05, 4.69) is 4.98 Å². The summed E-state index contributed by atoms with van der Waals surface area (Å²) in [7, 11) is -3.52. The smallest absolute Gasteiger partial charge is 0.253 e. The number of aromatic nitrogens is 1. The van der Waals surface area contributed by atoms with Gasteiger partial charge in [-0.05, 0) is 61.1 Å². The number of benzene rings is 2. The van der Waals surface area contributed by atoms with E-state index in [1.54, 1.807) is 11.0 Å². The number of H-pyrrole nitrogens is 1. The molecule has 5 rings (SSSR count). The number of hydrogen-bond acceptors (Lipinski definition) is 3. The van der Waals surface area contributed by atoms with Crippen LogP contribution in [0.5, 0.6) is 0 Å². The maximum atomic E-state index is 13.1. The van der Waals surface area contributed by atoms with Crippen LogP contribution in [0.15, 0.2) is 53.9 Å². The monoisotopic (exact) mass is 449 g/mol. The molecule has 0 saturated carbocycles.